The van der Waals surface area contributed by atoms with Crippen LogP contribution in [0, 0.1) is 5.92 Å². The Kier molecular flexibility index (Phi) is 2.94. The van der Waals surface area contributed by atoms with E-state index in [2.05, 4.69) is 34.0 Å². The summed E-state index contributed by atoms with van der Waals surface area (Å²) in [6.45, 7) is 4.26. The highest BCUT2D eigenvalue weighted by Gasteiger charge is 2.12. The zero-order valence-electron chi connectivity index (χ0n) is 9.50. The first-order chi connectivity index (χ1) is 7.66. The second kappa shape index (κ2) is 4.38. The Labute approximate surface area is 93.3 Å². The fraction of sp³-hybridized carbons (Fsp3) is 0.455. The van der Waals surface area contributed by atoms with E-state index in [1.807, 2.05) is 0 Å². The molecule has 2 aromatic rings. The molecule has 0 aliphatic carbocycles. The van der Waals surface area contributed by atoms with E-state index in [1.54, 1.807) is 12.5 Å². The zero-order valence-corrected chi connectivity index (χ0v) is 9.50. The van der Waals surface area contributed by atoms with E-state index in [0.29, 0.717) is 12.3 Å². The molecule has 16 heavy (non-hydrogen) atoms. The third-order valence-electron chi connectivity index (χ3n) is 2.50. The smallest absolute Gasteiger partial charge is 0.267 e. The third-order valence-corrected chi connectivity index (χ3v) is 2.50. The molecule has 0 saturated carbocycles. The minimum absolute atomic E-state index is 0.0368. The van der Waals surface area contributed by atoms with Crippen LogP contribution in [-0.4, -0.2) is 20.2 Å². The minimum atomic E-state index is -0.0368. The highest BCUT2D eigenvalue weighted by Crippen LogP contribution is 2.10. The van der Waals surface area contributed by atoms with Gasteiger partial charge in [0.25, 0.3) is 5.56 Å². The van der Waals surface area contributed by atoms with Gasteiger partial charge in [0.15, 0.2) is 0 Å². The van der Waals surface area contributed by atoms with Crippen molar-refractivity contribution in [2.45, 2.75) is 26.7 Å². The summed E-state index contributed by atoms with van der Waals surface area (Å²) in [6.07, 6.45) is 4.84. The maximum Gasteiger partial charge on any atom is 0.267 e. The summed E-state index contributed by atoms with van der Waals surface area (Å²) in [4.78, 5) is 18.6. The molecule has 0 radical (unpaired) electrons. The highest BCUT2D eigenvalue weighted by atomic mass is 16.1. The molecule has 0 saturated heterocycles. The molecule has 5 heteroatoms. The molecule has 0 bridgehead atoms. The fourth-order valence-corrected chi connectivity index (χ4v) is 1.76. The van der Waals surface area contributed by atoms with Gasteiger partial charge >= 0.3 is 0 Å². The van der Waals surface area contributed by atoms with Gasteiger partial charge in [0, 0.05) is 29.6 Å². The highest BCUT2D eigenvalue weighted by molar-refractivity contribution is 5.22. The first kappa shape index (κ1) is 10.7. The van der Waals surface area contributed by atoms with Crippen LogP contribution in [0.2, 0.25) is 0 Å². The number of aromatic nitrogens is 4. The number of hydrogen-bond acceptors (Lipinski definition) is 2. The van der Waals surface area contributed by atoms with Crippen LogP contribution < -0.4 is 5.56 Å². The van der Waals surface area contributed by atoms with E-state index in [4.69, 9.17) is 0 Å². The van der Waals surface area contributed by atoms with E-state index >= 15 is 0 Å². The van der Waals surface area contributed by atoms with Crippen LogP contribution in [0.4, 0.5) is 0 Å². The molecule has 2 rings (SSSR count). The van der Waals surface area contributed by atoms with E-state index in [-0.39, 0.29) is 5.56 Å². The lowest BCUT2D eigenvalue weighted by atomic mass is 10.0. The largest absolute Gasteiger partial charge is 0.348 e. The maximum absolute atomic E-state index is 11.6. The van der Waals surface area contributed by atoms with Crippen LogP contribution in [0.3, 0.4) is 0 Å². The Morgan fingerprint density at radius 1 is 1.38 bits per heavy atom. The average Bonchev–Trinajstić information content (AvgIpc) is 2.82. The Morgan fingerprint density at radius 3 is 2.81 bits per heavy atom. The number of aromatic amines is 3. The van der Waals surface area contributed by atoms with Crippen LogP contribution >= 0.6 is 0 Å². The lowest BCUT2D eigenvalue weighted by Gasteiger charge is -2.04. The van der Waals surface area contributed by atoms with Crippen LogP contribution in [-0.2, 0) is 12.8 Å². The van der Waals surface area contributed by atoms with Gasteiger partial charge in [-0.15, -0.1) is 0 Å². The lowest BCUT2D eigenvalue weighted by molar-refractivity contribution is 0.630. The molecular weight excluding hydrogens is 204 g/mol. The van der Waals surface area contributed by atoms with Gasteiger partial charge in [-0.05, 0) is 12.3 Å². The Hall–Kier alpha value is -1.78. The van der Waals surface area contributed by atoms with Crippen LogP contribution in [0.1, 0.15) is 30.8 Å². The van der Waals surface area contributed by atoms with Gasteiger partial charge in [-0.3, -0.25) is 9.89 Å². The van der Waals surface area contributed by atoms with Gasteiger partial charge in [0.2, 0.25) is 0 Å². The molecule has 2 heterocycles. The summed E-state index contributed by atoms with van der Waals surface area (Å²) >= 11 is 0. The normalized spacial score (nSPS) is 11.2. The van der Waals surface area contributed by atoms with Gasteiger partial charge in [0.05, 0.1) is 6.33 Å². The number of H-pyrrole nitrogens is 3. The summed E-state index contributed by atoms with van der Waals surface area (Å²) in [5.74, 6) is 0.520. The van der Waals surface area contributed by atoms with Crippen molar-refractivity contribution in [1.29, 1.82) is 0 Å². The number of rotatable bonds is 4. The predicted molar refractivity (Wildman–Crippen MR) is 61.3 cm³/mol. The predicted octanol–water partition coefficient (Wildman–Crippen LogP) is 1.22. The summed E-state index contributed by atoms with van der Waals surface area (Å²) in [7, 11) is 0. The van der Waals surface area contributed by atoms with Gasteiger partial charge in [-0.25, -0.2) is 4.98 Å². The third kappa shape index (κ3) is 2.24. The summed E-state index contributed by atoms with van der Waals surface area (Å²) in [5, 5.41) is 5.59. The Morgan fingerprint density at radius 2 is 2.19 bits per heavy atom. The van der Waals surface area contributed by atoms with Crippen molar-refractivity contribution in [2.75, 3.05) is 0 Å². The molecule has 0 aliphatic heterocycles. The molecule has 0 amide bonds. The number of nitrogens with zero attached hydrogens (tertiary/aromatic N) is 1. The molecule has 3 N–H and O–H groups in total. The molecule has 2 aromatic heterocycles. The van der Waals surface area contributed by atoms with Crippen molar-refractivity contribution in [3.8, 4) is 0 Å². The molecule has 0 aromatic carbocycles. The molecular formula is C11H16N4O. The quantitative estimate of drug-likeness (QED) is 0.724. The summed E-state index contributed by atoms with van der Waals surface area (Å²) in [6, 6.07) is 0. The van der Waals surface area contributed by atoms with Crippen LogP contribution in [0.5, 0.6) is 0 Å². The molecule has 0 fully saturated rings. The van der Waals surface area contributed by atoms with E-state index in [9.17, 15) is 4.79 Å². The second-order valence-corrected chi connectivity index (χ2v) is 4.39. The van der Waals surface area contributed by atoms with Gasteiger partial charge in [0.1, 0.15) is 0 Å². The number of imidazole rings is 1. The maximum atomic E-state index is 11.6. The second-order valence-electron chi connectivity index (χ2n) is 4.39. The molecule has 0 spiro atoms. The molecule has 5 nitrogen and oxygen atoms in total. The SMILES string of the molecule is CC(C)Cc1[nH][nH]c(=O)c1Cc1cnc[nH]1. The standard InChI is InChI=1S/C11H16N4O/c1-7(2)3-10-9(11(16)15-14-10)4-8-5-12-6-13-8/h5-7H,3-4H2,1-2H3,(H,12,13)(H2,14,15,16). The van der Waals surface area contributed by atoms with Crippen molar-refractivity contribution < 1.29 is 0 Å². The monoisotopic (exact) mass is 220 g/mol. The number of hydrogen-bond donors (Lipinski definition) is 3. The van der Waals surface area contributed by atoms with Gasteiger partial charge < -0.3 is 10.1 Å². The Bertz CT molecular complexity index is 492. The summed E-state index contributed by atoms with van der Waals surface area (Å²) in [5.41, 5.74) is 2.72. The van der Waals surface area contributed by atoms with Crippen molar-refractivity contribution in [3.05, 3.63) is 39.8 Å². The molecule has 0 unspecified atom stereocenters. The molecule has 0 aliphatic rings. The topological polar surface area (TPSA) is 77.3 Å². The lowest BCUT2D eigenvalue weighted by Crippen LogP contribution is -2.08. The van der Waals surface area contributed by atoms with E-state index in [1.165, 1.54) is 0 Å². The molecule has 0 atom stereocenters. The van der Waals surface area contributed by atoms with E-state index in [0.717, 1.165) is 23.4 Å². The Balaban J connectivity index is 2.25. The zero-order chi connectivity index (χ0) is 11.5. The van der Waals surface area contributed by atoms with Crippen molar-refractivity contribution in [3.63, 3.8) is 0 Å². The van der Waals surface area contributed by atoms with Crippen LogP contribution in [0.15, 0.2) is 17.3 Å². The van der Waals surface area contributed by atoms with Crippen LogP contribution in [0.25, 0.3) is 0 Å². The minimum Gasteiger partial charge on any atom is -0.348 e. The number of nitrogens with one attached hydrogen (secondary N) is 3. The average molecular weight is 220 g/mol. The van der Waals surface area contributed by atoms with Gasteiger partial charge in [-0.1, -0.05) is 13.8 Å². The summed E-state index contributed by atoms with van der Waals surface area (Å²) < 4.78 is 0. The molecule has 86 valence electrons. The fourth-order valence-electron chi connectivity index (χ4n) is 1.76. The van der Waals surface area contributed by atoms with E-state index < -0.39 is 0 Å². The van der Waals surface area contributed by atoms with Crippen molar-refractivity contribution >= 4 is 0 Å². The van der Waals surface area contributed by atoms with Gasteiger partial charge in [-0.2, -0.15) is 0 Å². The first-order valence-corrected chi connectivity index (χ1v) is 5.42. The van der Waals surface area contributed by atoms with Crippen molar-refractivity contribution in [2.24, 2.45) is 5.92 Å². The first-order valence-electron chi connectivity index (χ1n) is 5.42. The van der Waals surface area contributed by atoms with Crippen molar-refractivity contribution in [1.82, 2.24) is 20.2 Å².